The molecule has 0 fully saturated rings. The van der Waals surface area contributed by atoms with Gasteiger partial charge in [0.2, 0.25) is 5.78 Å². The minimum absolute atomic E-state index is 0.0622. The molecule has 0 N–H and O–H groups in total. The highest BCUT2D eigenvalue weighted by Gasteiger charge is 2.30. The van der Waals surface area contributed by atoms with Crippen LogP contribution >= 0.6 is 0 Å². The van der Waals surface area contributed by atoms with Gasteiger partial charge < -0.3 is 0 Å². The molecule has 3 heteroatoms. The number of allylic oxidation sites excluding steroid dienone is 5. The topological polar surface area (TPSA) is 51.2 Å². The molecule has 1 aromatic rings. The van der Waals surface area contributed by atoms with Crippen molar-refractivity contribution in [3.8, 4) is 0 Å². The summed E-state index contributed by atoms with van der Waals surface area (Å²) in [5.74, 6) is -1.15. The van der Waals surface area contributed by atoms with Gasteiger partial charge >= 0.3 is 0 Å². The lowest BCUT2D eigenvalue weighted by molar-refractivity contribution is -0.128. The number of Topliss-reactive ketones (excluding diaryl/α,β-unsaturated/α-hetero) is 2. The average molecular weight is 236 g/mol. The number of carbonyl (C=O) groups excluding carboxylic acids is 3. The fourth-order valence-electron chi connectivity index (χ4n) is 2.26. The van der Waals surface area contributed by atoms with Gasteiger partial charge in [0.05, 0.1) is 5.57 Å². The quantitative estimate of drug-likeness (QED) is 0.446. The van der Waals surface area contributed by atoms with Crippen molar-refractivity contribution >= 4 is 29.5 Å². The Bertz CT molecular complexity index is 687. The molecule has 0 amide bonds. The van der Waals surface area contributed by atoms with E-state index in [1.807, 2.05) is 24.3 Å². The van der Waals surface area contributed by atoms with Crippen LogP contribution in [0, 0.1) is 0 Å². The second-order valence-electron chi connectivity index (χ2n) is 4.12. The fraction of sp³-hybridized carbons (Fsp3) is 0. The Balaban J connectivity index is 2.15. The highest BCUT2D eigenvalue weighted by atomic mass is 16.2. The van der Waals surface area contributed by atoms with Gasteiger partial charge in [-0.15, -0.1) is 0 Å². The molecule has 0 saturated heterocycles. The number of benzene rings is 1. The summed E-state index contributed by atoms with van der Waals surface area (Å²) < 4.78 is 0. The molecule has 0 aromatic heterocycles. The van der Waals surface area contributed by atoms with Crippen molar-refractivity contribution < 1.29 is 14.4 Å². The number of ketones is 2. The maximum absolute atomic E-state index is 12.1. The average Bonchev–Trinajstić information content (AvgIpc) is 2.78. The Morgan fingerprint density at radius 1 is 1.06 bits per heavy atom. The van der Waals surface area contributed by atoms with Gasteiger partial charge in [0.15, 0.2) is 12.1 Å². The maximum Gasteiger partial charge on any atom is 0.229 e. The molecule has 0 saturated carbocycles. The van der Waals surface area contributed by atoms with E-state index in [0.717, 1.165) is 16.7 Å². The Labute approximate surface area is 103 Å². The lowest BCUT2D eigenvalue weighted by Gasteiger charge is -2.11. The molecule has 3 nitrogen and oxygen atoms in total. The van der Waals surface area contributed by atoms with Gasteiger partial charge in [0, 0.05) is 5.57 Å². The second kappa shape index (κ2) is 3.74. The molecule has 0 spiro atoms. The van der Waals surface area contributed by atoms with E-state index in [4.69, 9.17) is 0 Å². The molecule has 0 heterocycles. The largest absolute Gasteiger partial charge is 0.294 e. The molecule has 0 bridgehead atoms. The van der Waals surface area contributed by atoms with E-state index in [1.165, 1.54) is 6.08 Å². The number of hydrogen-bond donors (Lipinski definition) is 0. The molecule has 0 radical (unpaired) electrons. The van der Waals surface area contributed by atoms with Gasteiger partial charge in [0.25, 0.3) is 0 Å². The normalized spacial score (nSPS) is 16.2. The predicted octanol–water partition coefficient (Wildman–Crippen LogP) is 1.74. The summed E-state index contributed by atoms with van der Waals surface area (Å²) in [4.78, 5) is 33.9. The van der Waals surface area contributed by atoms with Crippen LogP contribution in [0.25, 0.3) is 11.6 Å². The van der Waals surface area contributed by atoms with Crippen LogP contribution in [0.2, 0.25) is 0 Å². The van der Waals surface area contributed by atoms with Gasteiger partial charge in [-0.25, -0.2) is 0 Å². The first-order valence-corrected chi connectivity index (χ1v) is 5.50. The number of rotatable bonds is 2. The highest BCUT2D eigenvalue weighted by Crippen LogP contribution is 2.38. The van der Waals surface area contributed by atoms with E-state index in [0.29, 0.717) is 5.57 Å². The third-order valence-corrected chi connectivity index (χ3v) is 3.12. The monoisotopic (exact) mass is 236 g/mol. The van der Waals surface area contributed by atoms with Crippen molar-refractivity contribution in [1.82, 2.24) is 0 Å². The summed E-state index contributed by atoms with van der Waals surface area (Å²) in [5.41, 5.74) is 3.18. The molecule has 2 aliphatic rings. The molecule has 1 aromatic carbocycles. The zero-order chi connectivity index (χ0) is 12.7. The minimum Gasteiger partial charge on any atom is -0.294 e. The van der Waals surface area contributed by atoms with Gasteiger partial charge in [-0.2, -0.15) is 0 Å². The first kappa shape index (κ1) is 10.6. The Hall–Kier alpha value is -2.55. The smallest absolute Gasteiger partial charge is 0.229 e. The molecule has 2 aliphatic carbocycles. The van der Waals surface area contributed by atoms with Crippen LogP contribution in [0.3, 0.4) is 0 Å². The summed E-state index contributed by atoms with van der Waals surface area (Å²) >= 11 is 0. The zero-order valence-corrected chi connectivity index (χ0v) is 9.34. The van der Waals surface area contributed by atoms with E-state index >= 15 is 0 Å². The van der Waals surface area contributed by atoms with Crippen LogP contribution in [-0.2, 0) is 14.4 Å². The van der Waals surface area contributed by atoms with Gasteiger partial charge in [-0.1, -0.05) is 30.3 Å². The standard InChI is InChI=1S/C15H8O3/c16-8-14(17)12-6-5-11-10-4-2-1-3-9(10)7-13(11)15(12)18/h1-8H. The van der Waals surface area contributed by atoms with Crippen LogP contribution in [0.4, 0.5) is 0 Å². The van der Waals surface area contributed by atoms with Gasteiger partial charge in [-0.3, -0.25) is 14.4 Å². The van der Waals surface area contributed by atoms with Crippen molar-refractivity contribution in [2.75, 3.05) is 0 Å². The summed E-state index contributed by atoms with van der Waals surface area (Å²) in [5, 5.41) is 0. The van der Waals surface area contributed by atoms with Crippen LogP contribution in [0.5, 0.6) is 0 Å². The molecule has 0 unspecified atom stereocenters. The molecule has 3 rings (SSSR count). The fourth-order valence-corrected chi connectivity index (χ4v) is 2.26. The van der Waals surface area contributed by atoms with Crippen molar-refractivity contribution in [1.29, 1.82) is 0 Å². The molecular weight excluding hydrogens is 228 g/mol. The Morgan fingerprint density at radius 2 is 1.83 bits per heavy atom. The summed E-state index contributed by atoms with van der Waals surface area (Å²) in [6.07, 6.45) is 5.07. The SMILES string of the molecule is O=CC(=O)C1=CC=C2C(=Cc3ccccc32)C1=O. The third kappa shape index (κ3) is 1.34. The van der Waals surface area contributed by atoms with E-state index in [-0.39, 0.29) is 17.6 Å². The number of fused-ring (bicyclic) bond motifs is 3. The van der Waals surface area contributed by atoms with Gasteiger partial charge in [-0.05, 0) is 28.9 Å². The van der Waals surface area contributed by atoms with Crippen molar-refractivity contribution in [2.45, 2.75) is 0 Å². The molecule has 0 atom stereocenters. The van der Waals surface area contributed by atoms with Gasteiger partial charge in [0.1, 0.15) is 0 Å². The van der Waals surface area contributed by atoms with Crippen molar-refractivity contribution in [2.24, 2.45) is 0 Å². The highest BCUT2D eigenvalue weighted by molar-refractivity contribution is 6.47. The van der Waals surface area contributed by atoms with Crippen LogP contribution in [-0.4, -0.2) is 17.9 Å². The van der Waals surface area contributed by atoms with Crippen molar-refractivity contribution in [3.63, 3.8) is 0 Å². The first-order valence-electron chi connectivity index (χ1n) is 5.50. The Morgan fingerprint density at radius 3 is 2.61 bits per heavy atom. The lowest BCUT2D eigenvalue weighted by atomic mass is 9.90. The van der Waals surface area contributed by atoms with Crippen LogP contribution in [0.15, 0.2) is 47.6 Å². The summed E-state index contributed by atoms with van der Waals surface area (Å²) in [6, 6.07) is 7.63. The number of hydrogen-bond acceptors (Lipinski definition) is 3. The molecule has 0 aliphatic heterocycles. The van der Waals surface area contributed by atoms with Crippen LogP contribution < -0.4 is 0 Å². The van der Waals surface area contributed by atoms with Crippen LogP contribution in [0.1, 0.15) is 11.1 Å². The molecule has 86 valence electrons. The summed E-state index contributed by atoms with van der Waals surface area (Å²) in [6.45, 7) is 0. The number of carbonyl (C=O) groups is 3. The van der Waals surface area contributed by atoms with E-state index in [9.17, 15) is 14.4 Å². The predicted molar refractivity (Wildman–Crippen MR) is 66.6 cm³/mol. The zero-order valence-electron chi connectivity index (χ0n) is 9.34. The molecule has 18 heavy (non-hydrogen) atoms. The lowest BCUT2D eigenvalue weighted by Crippen LogP contribution is -2.17. The van der Waals surface area contributed by atoms with E-state index in [2.05, 4.69) is 0 Å². The minimum atomic E-state index is -0.771. The first-order chi connectivity index (χ1) is 8.72. The third-order valence-electron chi connectivity index (χ3n) is 3.12. The maximum atomic E-state index is 12.1. The van der Waals surface area contributed by atoms with E-state index in [1.54, 1.807) is 12.2 Å². The van der Waals surface area contributed by atoms with E-state index < -0.39 is 5.78 Å². The summed E-state index contributed by atoms with van der Waals surface area (Å²) in [7, 11) is 0. The van der Waals surface area contributed by atoms with Crippen molar-refractivity contribution in [3.05, 3.63) is 58.7 Å². The Kier molecular flexibility index (Phi) is 2.20. The number of aldehydes is 1. The molecular formula is C15H8O3. The second-order valence-corrected chi connectivity index (χ2v) is 4.12.